The van der Waals surface area contributed by atoms with Crippen LogP contribution in [-0.4, -0.2) is 24.2 Å². The Balaban J connectivity index is 1.36. The van der Waals surface area contributed by atoms with Crippen LogP contribution < -0.4 is 11.1 Å². The number of halogens is 1. The van der Waals surface area contributed by atoms with Crippen LogP contribution in [0.5, 0.6) is 0 Å². The Bertz CT molecular complexity index is 554. The van der Waals surface area contributed by atoms with E-state index < -0.39 is 0 Å². The van der Waals surface area contributed by atoms with Gasteiger partial charge in [-0.15, -0.1) is 0 Å². The highest BCUT2D eigenvalue weighted by atomic mass is 32.2. The van der Waals surface area contributed by atoms with Crippen LogP contribution in [0.3, 0.4) is 0 Å². The molecule has 2 aliphatic carbocycles. The minimum Gasteiger partial charge on any atom is -0.355 e. The van der Waals surface area contributed by atoms with Gasteiger partial charge in [-0.1, -0.05) is 24.6 Å². The van der Waals surface area contributed by atoms with Gasteiger partial charge in [0.15, 0.2) is 0 Å². The molecule has 2 bridgehead atoms. The van der Waals surface area contributed by atoms with Gasteiger partial charge in [-0.25, -0.2) is 4.39 Å². The molecule has 2 fully saturated rings. The number of nitrogens with one attached hydrogen (secondary N) is 1. The van der Waals surface area contributed by atoms with E-state index in [0.29, 0.717) is 30.2 Å². The van der Waals surface area contributed by atoms with Gasteiger partial charge in [0, 0.05) is 30.0 Å². The van der Waals surface area contributed by atoms with Gasteiger partial charge in [0.25, 0.3) is 0 Å². The number of rotatable bonds is 6. The van der Waals surface area contributed by atoms with Gasteiger partial charge in [0.05, 0.1) is 0 Å². The summed E-state index contributed by atoms with van der Waals surface area (Å²) in [4.78, 5) is 12.4. The van der Waals surface area contributed by atoms with Crippen molar-refractivity contribution in [3.8, 4) is 0 Å². The smallest absolute Gasteiger partial charge is 0.223 e. The van der Waals surface area contributed by atoms with Gasteiger partial charge in [-0.3, -0.25) is 4.79 Å². The van der Waals surface area contributed by atoms with Crippen LogP contribution in [0, 0.1) is 23.6 Å². The van der Waals surface area contributed by atoms with Gasteiger partial charge in [0.2, 0.25) is 5.91 Å². The summed E-state index contributed by atoms with van der Waals surface area (Å²) in [6.45, 7) is 0.649. The predicted octanol–water partition coefficient (Wildman–Crippen LogP) is 3.33. The molecule has 3 nitrogen and oxygen atoms in total. The number of fused-ring (bicyclic) bond motifs is 2. The van der Waals surface area contributed by atoms with Gasteiger partial charge in [-0.05, 0) is 49.1 Å². The molecule has 0 spiro atoms. The summed E-state index contributed by atoms with van der Waals surface area (Å²) in [6, 6.07) is 7.16. The average molecular weight is 351 g/mol. The largest absolute Gasteiger partial charge is 0.355 e. The third-order valence-corrected chi connectivity index (χ3v) is 6.55. The SMILES string of the molecule is NC1C2CCCC1CC(C(=O)NCCSCc1ccccc1F)C2. The number of nitrogens with two attached hydrogens (primary N) is 1. The van der Waals surface area contributed by atoms with Crippen LogP contribution in [0.4, 0.5) is 4.39 Å². The summed E-state index contributed by atoms with van der Waals surface area (Å²) in [7, 11) is 0. The Kier molecular flexibility index (Phi) is 6.17. The van der Waals surface area contributed by atoms with E-state index >= 15 is 0 Å². The Morgan fingerprint density at radius 2 is 1.96 bits per heavy atom. The number of hydrogen-bond donors (Lipinski definition) is 2. The zero-order valence-corrected chi connectivity index (χ0v) is 14.9. The van der Waals surface area contributed by atoms with E-state index in [4.69, 9.17) is 5.73 Å². The highest BCUT2D eigenvalue weighted by Gasteiger charge is 2.40. The maximum absolute atomic E-state index is 13.5. The fourth-order valence-corrected chi connectivity index (χ4v) is 5.04. The fraction of sp³-hybridized carbons (Fsp3) is 0.632. The van der Waals surface area contributed by atoms with Crippen molar-refractivity contribution in [2.75, 3.05) is 12.3 Å². The Hall–Kier alpha value is -1.07. The molecule has 3 N–H and O–H groups in total. The second-order valence-corrected chi connectivity index (χ2v) is 8.24. The summed E-state index contributed by atoms with van der Waals surface area (Å²) < 4.78 is 13.5. The van der Waals surface area contributed by atoms with Crippen LogP contribution in [-0.2, 0) is 10.5 Å². The minimum absolute atomic E-state index is 0.136. The van der Waals surface area contributed by atoms with E-state index in [1.54, 1.807) is 17.8 Å². The first-order valence-corrected chi connectivity index (χ1v) is 10.1. The van der Waals surface area contributed by atoms with E-state index in [0.717, 1.165) is 24.2 Å². The number of benzene rings is 1. The zero-order valence-electron chi connectivity index (χ0n) is 14.0. The zero-order chi connectivity index (χ0) is 16.9. The first-order valence-electron chi connectivity index (χ1n) is 8.99. The highest BCUT2D eigenvalue weighted by Crippen LogP contribution is 2.41. The van der Waals surface area contributed by atoms with E-state index in [1.807, 2.05) is 12.1 Å². The van der Waals surface area contributed by atoms with Crippen molar-refractivity contribution in [3.05, 3.63) is 35.6 Å². The van der Waals surface area contributed by atoms with E-state index in [1.165, 1.54) is 25.3 Å². The Labute approximate surface area is 148 Å². The highest BCUT2D eigenvalue weighted by molar-refractivity contribution is 7.98. The molecule has 0 saturated heterocycles. The molecule has 5 heteroatoms. The molecular formula is C19H27FN2OS. The maximum atomic E-state index is 13.5. The molecule has 132 valence electrons. The average Bonchev–Trinajstić information content (AvgIpc) is 2.55. The fourth-order valence-electron chi connectivity index (χ4n) is 4.19. The summed E-state index contributed by atoms with van der Waals surface area (Å²) >= 11 is 1.65. The minimum atomic E-state index is -0.154. The first-order chi connectivity index (χ1) is 11.6. The molecule has 0 heterocycles. The number of amides is 1. The molecule has 2 aliphatic rings. The summed E-state index contributed by atoms with van der Waals surface area (Å²) in [6.07, 6.45) is 5.53. The number of thioether (sulfide) groups is 1. The van der Waals surface area contributed by atoms with E-state index in [9.17, 15) is 9.18 Å². The van der Waals surface area contributed by atoms with Crippen LogP contribution >= 0.6 is 11.8 Å². The third kappa shape index (κ3) is 4.31. The molecule has 1 aromatic carbocycles. The van der Waals surface area contributed by atoms with Gasteiger partial charge < -0.3 is 11.1 Å². The molecule has 0 radical (unpaired) electrons. The van der Waals surface area contributed by atoms with Crippen molar-refractivity contribution in [3.63, 3.8) is 0 Å². The van der Waals surface area contributed by atoms with E-state index in [2.05, 4.69) is 5.32 Å². The third-order valence-electron chi connectivity index (χ3n) is 5.54. The molecule has 2 unspecified atom stereocenters. The summed E-state index contributed by atoms with van der Waals surface area (Å²) in [5, 5.41) is 3.06. The maximum Gasteiger partial charge on any atom is 0.223 e. The van der Waals surface area contributed by atoms with Crippen molar-refractivity contribution in [1.29, 1.82) is 0 Å². The molecule has 3 rings (SSSR count). The lowest BCUT2D eigenvalue weighted by Gasteiger charge is -2.43. The van der Waals surface area contributed by atoms with Gasteiger partial charge in [-0.2, -0.15) is 11.8 Å². The molecule has 0 aromatic heterocycles. The quantitative estimate of drug-likeness (QED) is 0.774. The lowest BCUT2D eigenvalue weighted by molar-refractivity contribution is -0.127. The molecule has 2 saturated carbocycles. The van der Waals surface area contributed by atoms with Crippen LogP contribution in [0.1, 0.15) is 37.7 Å². The molecule has 2 atom stereocenters. The van der Waals surface area contributed by atoms with Gasteiger partial charge >= 0.3 is 0 Å². The first kappa shape index (κ1) is 17.7. The summed E-state index contributed by atoms with van der Waals surface area (Å²) in [5.74, 6) is 2.68. The molecule has 1 aromatic rings. The number of carbonyl (C=O) groups is 1. The molecular weight excluding hydrogens is 323 g/mol. The Morgan fingerprint density at radius 3 is 2.67 bits per heavy atom. The van der Waals surface area contributed by atoms with Gasteiger partial charge in [0.1, 0.15) is 5.82 Å². The van der Waals surface area contributed by atoms with Crippen molar-refractivity contribution in [2.24, 2.45) is 23.5 Å². The van der Waals surface area contributed by atoms with Crippen LogP contribution in [0.15, 0.2) is 24.3 Å². The number of hydrogen-bond acceptors (Lipinski definition) is 3. The second kappa shape index (κ2) is 8.34. The lowest BCUT2D eigenvalue weighted by Crippen LogP contribution is -2.49. The molecule has 0 aliphatic heterocycles. The topological polar surface area (TPSA) is 55.1 Å². The molecule has 1 amide bonds. The van der Waals surface area contributed by atoms with E-state index in [-0.39, 0.29) is 17.6 Å². The lowest BCUT2D eigenvalue weighted by atomic mass is 9.65. The van der Waals surface area contributed by atoms with Crippen molar-refractivity contribution < 1.29 is 9.18 Å². The predicted molar refractivity (Wildman–Crippen MR) is 97.1 cm³/mol. The van der Waals surface area contributed by atoms with Crippen LogP contribution in [0.2, 0.25) is 0 Å². The summed E-state index contributed by atoms with van der Waals surface area (Å²) in [5.41, 5.74) is 7.01. The van der Waals surface area contributed by atoms with Crippen molar-refractivity contribution in [2.45, 2.75) is 43.9 Å². The second-order valence-electron chi connectivity index (χ2n) is 7.13. The number of carbonyl (C=O) groups excluding carboxylic acids is 1. The van der Waals surface area contributed by atoms with Crippen molar-refractivity contribution in [1.82, 2.24) is 5.32 Å². The van der Waals surface area contributed by atoms with Crippen LogP contribution in [0.25, 0.3) is 0 Å². The Morgan fingerprint density at radius 1 is 1.25 bits per heavy atom. The normalized spacial score (nSPS) is 29.2. The van der Waals surface area contributed by atoms with Crippen molar-refractivity contribution >= 4 is 17.7 Å². The monoisotopic (exact) mass is 350 g/mol. The standard InChI is InChI=1S/C19H27FN2OS/c20-17-7-2-1-4-15(17)12-24-9-8-22-19(23)16-10-13-5-3-6-14(11-16)18(13)21/h1-2,4,7,13-14,16,18H,3,5-6,8-12,21H2,(H,22,23). The molecule has 24 heavy (non-hydrogen) atoms.